The molecule has 0 saturated carbocycles. The van der Waals surface area contributed by atoms with Crippen LogP contribution in [0.5, 0.6) is 0 Å². The van der Waals surface area contributed by atoms with Gasteiger partial charge in [0, 0.05) is 25.2 Å². The Balaban J connectivity index is 2.44. The maximum Gasteiger partial charge on any atom is 0.0507 e. The Kier molecular flexibility index (Phi) is 4.35. The Morgan fingerprint density at radius 1 is 1.50 bits per heavy atom. The molecule has 2 N–H and O–H groups in total. The fourth-order valence-corrected chi connectivity index (χ4v) is 1.97. The summed E-state index contributed by atoms with van der Waals surface area (Å²) in [6.07, 6.45) is 1.21. The van der Waals surface area contributed by atoms with Crippen LogP contribution in [0.1, 0.15) is 27.2 Å². The molecule has 0 aromatic rings. The second-order valence-corrected chi connectivity index (χ2v) is 4.78. The summed E-state index contributed by atoms with van der Waals surface area (Å²) in [7, 11) is 0. The van der Waals surface area contributed by atoms with Crippen molar-refractivity contribution >= 4 is 0 Å². The number of likely N-dealkylation sites (N-methyl/N-ethyl adjacent to an activating group) is 1. The molecule has 1 heterocycles. The standard InChI is InChI=1S/C11H24N2O/c1-4-13(11(2,3)9-12)7-10-5-6-14-8-10/h10H,4-9,12H2,1-3H3. The minimum Gasteiger partial charge on any atom is -0.381 e. The van der Waals surface area contributed by atoms with Crippen molar-refractivity contribution in [3.05, 3.63) is 0 Å². The van der Waals surface area contributed by atoms with Gasteiger partial charge < -0.3 is 10.5 Å². The van der Waals surface area contributed by atoms with Crippen LogP contribution in [0.25, 0.3) is 0 Å². The molecule has 0 amide bonds. The normalized spacial score (nSPS) is 23.4. The Hall–Kier alpha value is -0.120. The highest BCUT2D eigenvalue weighted by Gasteiger charge is 2.27. The van der Waals surface area contributed by atoms with Crippen molar-refractivity contribution in [2.45, 2.75) is 32.7 Å². The third kappa shape index (κ3) is 2.94. The summed E-state index contributed by atoms with van der Waals surface area (Å²) < 4.78 is 5.39. The Morgan fingerprint density at radius 2 is 2.21 bits per heavy atom. The predicted molar refractivity (Wildman–Crippen MR) is 59.3 cm³/mol. The molecule has 14 heavy (non-hydrogen) atoms. The van der Waals surface area contributed by atoms with Crippen LogP contribution in [0.3, 0.4) is 0 Å². The minimum absolute atomic E-state index is 0.122. The van der Waals surface area contributed by atoms with Gasteiger partial charge >= 0.3 is 0 Å². The van der Waals surface area contributed by atoms with Crippen LogP contribution in [0.2, 0.25) is 0 Å². The highest BCUT2D eigenvalue weighted by molar-refractivity contribution is 4.84. The van der Waals surface area contributed by atoms with Gasteiger partial charge in [0.1, 0.15) is 0 Å². The molecule has 1 fully saturated rings. The van der Waals surface area contributed by atoms with E-state index in [1.54, 1.807) is 0 Å². The summed E-state index contributed by atoms with van der Waals surface area (Å²) in [6.45, 7) is 11.4. The molecule has 1 saturated heterocycles. The molecule has 0 bridgehead atoms. The van der Waals surface area contributed by atoms with Crippen LogP contribution in [0, 0.1) is 5.92 Å². The molecular weight excluding hydrogens is 176 g/mol. The summed E-state index contributed by atoms with van der Waals surface area (Å²) in [5, 5.41) is 0. The fraction of sp³-hybridized carbons (Fsp3) is 1.00. The van der Waals surface area contributed by atoms with Crippen LogP contribution >= 0.6 is 0 Å². The van der Waals surface area contributed by atoms with Crippen molar-refractivity contribution < 1.29 is 4.74 Å². The van der Waals surface area contributed by atoms with Gasteiger partial charge in [-0.15, -0.1) is 0 Å². The first-order valence-corrected chi connectivity index (χ1v) is 5.63. The molecule has 0 spiro atoms. The van der Waals surface area contributed by atoms with E-state index in [-0.39, 0.29) is 5.54 Å². The number of rotatable bonds is 5. The maximum absolute atomic E-state index is 5.78. The Bertz CT molecular complexity index is 165. The molecule has 0 aromatic carbocycles. The molecular formula is C11H24N2O. The van der Waals surface area contributed by atoms with E-state index in [2.05, 4.69) is 25.7 Å². The quantitative estimate of drug-likeness (QED) is 0.722. The molecule has 0 aromatic heterocycles. The van der Waals surface area contributed by atoms with Gasteiger partial charge in [-0.05, 0) is 32.7 Å². The molecule has 0 aliphatic carbocycles. The number of nitrogens with zero attached hydrogens (tertiary/aromatic N) is 1. The van der Waals surface area contributed by atoms with Crippen LogP contribution < -0.4 is 5.73 Å². The molecule has 3 nitrogen and oxygen atoms in total. The summed E-state index contributed by atoms with van der Waals surface area (Å²) in [6, 6.07) is 0. The van der Waals surface area contributed by atoms with Gasteiger partial charge in [-0.25, -0.2) is 0 Å². The second-order valence-electron chi connectivity index (χ2n) is 4.78. The summed E-state index contributed by atoms with van der Waals surface area (Å²) in [5.41, 5.74) is 5.91. The van der Waals surface area contributed by atoms with Crippen LogP contribution in [0.15, 0.2) is 0 Å². The average molecular weight is 200 g/mol. The topological polar surface area (TPSA) is 38.5 Å². The van der Waals surface area contributed by atoms with E-state index >= 15 is 0 Å². The maximum atomic E-state index is 5.78. The third-order valence-electron chi connectivity index (χ3n) is 3.24. The molecule has 1 unspecified atom stereocenters. The first kappa shape index (κ1) is 12.0. The number of nitrogens with two attached hydrogens (primary N) is 1. The van der Waals surface area contributed by atoms with Crippen molar-refractivity contribution in [1.29, 1.82) is 0 Å². The van der Waals surface area contributed by atoms with E-state index < -0.39 is 0 Å². The zero-order chi connectivity index (χ0) is 10.6. The first-order chi connectivity index (χ1) is 6.60. The molecule has 1 rings (SSSR count). The summed E-state index contributed by atoms with van der Waals surface area (Å²) in [5.74, 6) is 0.709. The highest BCUT2D eigenvalue weighted by atomic mass is 16.5. The Morgan fingerprint density at radius 3 is 2.64 bits per heavy atom. The molecule has 3 heteroatoms. The summed E-state index contributed by atoms with van der Waals surface area (Å²) >= 11 is 0. The van der Waals surface area contributed by atoms with E-state index in [9.17, 15) is 0 Å². The van der Waals surface area contributed by atoms with E-state index in [1.807, 2.05) is 0 Å². The summed E-state index contributed by atoms with van der Waals surface area (Å²) in [4.78, 5) is 2.46. The van der Waals surface area contributed by atoms with Gasteiger partial charge in [0.25, 0.3) is 0 Å². The highest BCUT2D eigenvalue weighted by Crippen LogP contribution is 2.19. The third-order valence-corrected chi connectivity index (χ3v) is 3.24. The van der Waals surface area contributed by atoms with Crippen LogP contribution in [-0.4, -0.2) is 43.3 Å². The second kappa shape index (κ2) is 5.10. The van der Waals surface area contributed by atoms with Crippen LogP contribution in [-0.2, 0) is 4.74 Å². The van der Waals surface area contributed by atoms with E-state index in [4.69, 9.17) is 10.5 Å². The molecule has 1 atom stereocenters. The van der Waals surface area contributed by atoms with Crippen LogP contribution in [0.4, 0.5) is 0 Å². The van der Waals surface area contributed by atoms with Gasteiger partial charge in [-0.3, -0.25) is 4.90 Å². The lowest BCUT2D eigenvalue weighted by Crippen LogP contribution is -2.51. The van der Waals surface area contributed by atoms with Gasteiger partial charge in [0.15, 0.2) is 0 Å². The Labute approximate surface area is 87.6 Å². The van der Waals surface area contributed by atoms with Crippen molar-refractivity contribution in [3.8, 4) is 0 Å². The van der Waals surface area contributed by atoms with Crippen molar-refractivity contribution in [2.75, 3.05) is 32.8 Å². The van der Waals surface area contributed by atoms with E-state index in [0.29, 0.717) is 12.5 Å². The number of hydrogen-bond donors (Lipinski definition) is 1. The van der Waals surface area contributed by atoms with Gasteiger partial charge in [0.05, 0.1) is 6.61 Å². The minimum atomic E-state index is 0.122. The molecule has 0 radical (unpaired) electrons. The lowest BCUT2D eigenvalue weighted by atomic mass is 10.00. The monoisotopic (exact) mass is 200 g/mol. The molecule has 84 valence electrons. The van der Waals surface area contributed by atoms with Gasteiger partial charge in [-0.1, -0.05) is 6.92 Å². The van der Waals surface area contributed by atoms with E-state index in [1.165, 1.54) is 6.42 Å². The molecule has 1 aliphatic rings. The number of hydrogen-bond acceptors (Lipinski definition) is 3. The SMILES string of the molecule is CCN(CC1CCOC1)C(C)(C)CN. The lowest BCUT2D eigenvalue weighted by Gasteiger charge is -2.38. The largest absolute Gasteiger partial charge is 0.381 e. The lowest BCUT2D eigenvalue weighted by molar-refractivity contribution is 0.103. The van der Waals surface area contributed by atoms with Gasteiger partial charge in [0.2, 0.25) is 0 Å². The zero-order valence-corrected chi connectivity index (χ0v) is 9.75. The van der Waals surface area contributed by atoms with Crippen molar-refractivity contribution in [3.63, 3.8) is 0 Å². The first-order valence-electron chi connectivity index (χ1n) is 5.63. The molecule has 1 aliphatic heterocycles. The van der Waals surface area contributed by atoms with Crippen molar-refractivity contribution in [2.24, 2.45) is 11.7 Å². The van der Waals surface area contributed by atoms with Gasteiger partial charge in [-0.2, -0.15) is 0 Å². The number of ether oxygens (including phenoxy) is 1. The fourth-order valence-electron chi connectivity index (χ4n) is 1.97. The smallest absolute Gasteiger partial charge is 0.0507 e. The zero-order valence-electron chi connectivity index (χ0n) is 9.75. The predicted octanol–water partition coefficient (Wildman–Crippen LogP) is 1.08. The van der Waals surface area contributed by atoms with E-state index in [0.717, 1.165) is 26.3 Å². The van der Waals surface area contributed by atoms with Crippen molar-refractivity contribution in [1.82, 2.24) is 4.90 Å². The average Bonchev–Trinajstić information content (AvgIpc) is 2.66.